The fourth-order valence-corrected chi connectivity index (χ4v) is 1.82. The number of carbonyl (C=O) groups excluding carboxylic acids is 1. The average molecular weight is 324 g/mol. The number of rotatable bonds is 4. The Balaban J connectivity index is 2.03. The van der Waals surface area contributed by atoms with Crippen LogP contribution < -0.4 is 5.32 Å². The van der Waals surface area contributed by atoms with Crippen LogP contribution in [0.15, 0.2) is 45.5 Å². The Morgan fingerprint density at radius 2 is 1.84 bits per heavy atom. The third-order valence-electron chi connectivity index (χ3n) is 2.36. The molecular formula is C13H10BrNO4. The molecule has 0 fully saturated rings. The van der Waals surface area contributed by atoms with Crippen LogP contribution in [0.1, 0.15) is 16.1 Å². The Morgan fingerprint density at radius 3 is 2.37 bits per heavy atom. The SMILES string of the molecule is O=C(O)Cc1ccc(NC(=O)c2ccc(Br)o2)cc1. The van der Waals surface area contributed by atoms with Crippen LogP contribution in [0.25, 0.3) is 0 Å². The Morgan fingerprint density at radius 1 is 1.16 bits per heavy atom. The number of hydrogen-bond acceptors (Lipinski definition) is 3. The zero-order chi connectivity index (χ0) is 13.8. The fraction of sp³-hybridized carbons (Fsp3) is 0.0769. The highest BCUT2D eigenvalue weighted by atomic mass is 79.9. The van der Waals surface area contributed by atoms with Crippen molar-refractivity contribution in [1.29, 1.82) is 0 Å². The van der Waals surface area contributed by atoms with E-state index in [1.807, 2.05) is 0 Å². The Bertz CT molecular complexity index is 603. The number of anilines is 1. The minimum atomic E-state index is -0.891. The molecule has 2 rings (SSSR count). The van der Waals surface area contributed by atoms with Gasteiger partial charge in [0.05, 0.1) is 6.42 Å². The summed E-state index contributed by atoms with van der Waals surface area (Å²) in [5.74, 6) is -1.06. The second-order valence-corrected chi connectivity index (χ2v) is 4.61. The minimum Gasteiger partial charge on any atom is -0.481 e. The molecule has 1 heterocycles. The number of furan rings is 1. The third-order valence-corrected chi connectivity index (χ3v) is 2.79. The second kappa shape index (κ2) is 5.71. The van der Waals surface area contributed by atoms with Crippen molar-refractivity contribution >= 4 is 33.5 Å². The molecule has 19 heavy (non-hydrogen) atoms. The summed E-state index contributed by atoms with van der Waals surface area (Å²) in [6.07, 6.45) is -0.0423. The van der Waals surface area contributed by atoms with Crippen LogP contribution in [0, 0.1) is 0 Å². The number of carboxylic acids is 1. The third kappa shape index (κ3) is 3.69. The first kappa shape index (κ1) is 13.4. The molecule has 0 atom stereocenters. The summed E-state index contributed by atoms with van der Waals surface area (Å²) < 4.78 is 5.60. The van der Waals surface area contributed by atoms with Gasteiger partial charge < -0.3 is 14.8 Å². The Hall–Kier alpha value is -2.08. The summed E-state index contributed by atoms with van der Waals surface area (Å²) in [5.41, 5.74) is 1.25. The minimum absolute atomic E-state index is 0.0423. The van der Waals surface area contributed by atoms with Crippen LogP contribution in [0.5, 0.6) is 0 Å². The summed E-state index contributed by atoms with van der Waals surface area (Å²) in [5, 5.41) is 11.3. The molecule has 0 aliphatic heterocycles. The van der Waals surface area contributed by atoms with Gasteiger partial charge in [-0.15, -0.1) is 0 Å². The highest BCUT2D eigenvalue weighted by molar-refractivity contribution is 9.10. The van der Waals surface area contributed by atoms with Crippen LogP contribution >= 0.6 is 15.9 Å². The van der Waals surface area contributed by atoms with Crippen LogP contribution in [-0.2, 0) is 11.2 Å². The van der Waals surface area contributed by atoms with Gasteiger partial charge >= 0.3 is 5.97 Å². The van der Waals surface area contributed by atoms with Crippen molar-refractivity contribution in [1.82, 2.24) is 0 Å². The van der Waals surface area contributed by atoms with Gasteiger partial charge in [-0.25, -0.2) is 0 Å². The van der Waals surface area contributed by atoms with E-state index in [0.717, 1.165) is 0 Å². The van der Waals surface area contributed by atoms with Gasteiger partial charge in [0.2, 0.25) is 0 Å². The molecule has 98 valence electrons. The monoisotopic (exact) mass is 323 g/mol. The molecule has 0 bridgehead atoms. The lowest BCUT2D eigenvalue weighted by atomic mass is 10.1. The lowest BCUT2D eigenvalue weighted by Crippen LogP contribution is -2.10. The molecule has 1 amide bonds. The van der Waals surface area contributed by atoms with E-state index in [0.29, 0.717) is 15.9 Å². The molecule has 0 aliphatic rings. The molecule has 6 heteroatoms. The van der Waals surface area contributed by atoms with Crippen LogP contribution in [0.2, 0.25) is 0 Å². The predicted octanol–water partition coefficient (Wildman–Crippen LogP) is 2.92. The normalized spacial score (nSPS) is 10.2. The number of aliphatic carboxylic acids is 1. The summed E-state index contributed by atoms with van der Waals surface area (Å²) in [6.45, 7) is 0. The van der Waals surface area contributed by atoms with E-state index < -0.39 is 5.97 Å². The molecule has 0 unspecified atom stereocenters. The number of benzene rings is 1. The number of carboxylic acid groups (broad SMARTS) is 1. The molecule has 2 aromatic rings. The highest BCUT2D eigenvalue weighted by Crippen LogP contribution is 2.16. The van der Waals surface area contributed by atoms with E-state index in [9.17, 15) is 9.59 Å². The van der Waals surface area contributed by atoms with Gasteiger partial charge in [-0.05, 0) is 45.8 Å². The molecule has 0 saturated carbocycles. The maximum absolute atomic E-state index is 11.8. The van der Waals surface area contributed by atoms with E-state index in [-0.39, 0.29) is 18.1 Å². The highest BCUT2D eigenvalue weighted by Gasteiger charge is 2.10. The summed E-state index contributed by atoms with van der Waals surface area (Å²) in [7, 11) is 0. The van der Waals surface area contributed by atoms with Gasteiger partial charge in [-0.3, -0.25) is 9.59 Å². The molecular weight excluding hydrogens is 314 g/mol. The first-order valence-electron chi connectivity index (χ1n) is 5.42. The van der Waals surface area contributed by atoms with Crippen LogP contribution in [0.3, 0.4) is 0 Å². The standard InChI is InChI=1S/C13H10BrNO4/c14-11-6-5-10(19-11)13(18)15-9-3-1-8(2-4-9)7-12(16)17/h1-6H,7H2,(H,15,18)(H,16,17). The topological polar surface area (TPSA) is 79.5 Å². The first-order valence-corrected chi connectivity index (χ1v) is 6.21. The predicted molar refractivity (Wildman–Crippen MR) is 72.1 cm³/mol. The number of halogens is 1. The van der Waals surface area contributed by atoms with Gasteiger partial charge in [0.1, 0.15) is 0 Å². The first-order chi connectivity index (χ1) is 9.04. The van der Waals surface area contributed by atoms with Crippen molar-refractivity contribution < 1.29 is 19.1 Å². The molecule has 0 radical (unpaired) electrons. The largest absolute Gasteiger partial charge is 0.481 e. The summed E-state index contributed by atoms with van der Waals surface area (Å²) in [6, 6.07) is 9.79. The zero-order valence-electron chi connectivity index (χ0n) is 9.72. The van der Waals surface area contributed by atoms with Crippen molar-refractivity contribution in [2.45, 2.75) is 6.42 Å². The molecule has 0 spiro atoms. The number of hydrogen-bond donors (Lipinski definition) is 2. The second-order valence-electron chi connectivity index (χ2n) is 3.83. The van der Waals surface area contributed by atoms with Crippen LogP contribution in [0.4, 0.5) is 5.69 Å². The van der Waals surface area contributed by atoms with E-state index in [1.165, 1.54) is 0 Å². The lowest BCUT2D eigenvalue weighted by molar-refractivity contribution is -0.136. The van der Waals surface area contributed by atoms with E-state index in [1.54, 1.807) is 36.4 Å². The van der Waals surface area contributed by atoms with Gasteiger partial charge in [-0.1, -0.05) is 12.1 Å². The molecule has 1 aromatic heterocycles. The van der Waals surface area contributed by atoms with Crippen molar-refractivity contribution in [3.8, 4) is 0 Å². The molecule has 5 nitrogen and oxygen atoms in total. The van der Waals surface area contributed by atoms with E-state index >= 15 is 0 Å². The van der Waals surface area contributed by atoms with Crippen LogP contribution in [-0.4, -0.2) is 17.0 Å². The zero-order valence-corrected chi connectivity index (χ0v) is 11.3. The lowest BCUT2D eigenvalue weighted by Gasteiger charge is -2.04. The number of amides is 1. The Kier molecular flexibility index (Phi) is 4.01. The van der Waals surface area contributed by atoms with Gasteiger partial charge in [-0.2, -0.15) is 0 Å². The maximum atomic E-state index is 11.8. The van der Waals surface area contributed by atoms with Gasteiger partial charge in [0.25, 0.3) is 5.91 Å². The quantitative estimate of drug-likeness (QED) is 0.906. The Labute approximate surface area is 117 Å². The van der Waals surface area contributed by atoms with Crippen molar-refractivity contribution in [3.63, 3.8) is 0 Å². The van der Waals surface area contributed by atoms with E-state index in [2.05, 4.69) is 21.2 Å². The number of nitrogens with one attached hydrogen (secondary N) is 1. The molecule has 1 aromatic carbocycles. The molecule has 0 aliphatic carbocycles. The fourth-order valence-electron chi connectivity index (χ4n) is 1.51. The van der Waals surface area contributed by atoms with Crippen molar-refractivity contribution in [2.24, 2.45) is 0 Å². The molecule has 2 N–H and O–H groups in total. The van der Waals surface area contributed by atoms with Gasteiger partial charge in [0, 0.05) is 5.69 Å². The summed E-state index contributed by atoms with van der Waals surface area (Å²) >= 11 is 3.12. The maximum Gasteiger partial charge on any atom is 0.307 e. The average Bonchev–Trinajstić information content (AvgIpc) is 2.78. The summed E-state index contributed by atoms with van der Waals surface area (Å²) in [4.78, 5) is 22.3. The van der Waals surface area contributed by atoms with Crippen molar-refractivity contribution in [3.05, 3.63) is 52.4 Å². The van der Waals surface area contributed by atoms with Gasteiger partial charge in [0.15, 0.2) is 10.4 Å². The van der Waals surface area contributed by atoms with Crippen molar-refractivity contribution in [2.75, 3.05) is 5.32 Å². The molecule has 0 saturated heterocycles. The number of carbonyl (C=O) groups is 2. The van der Waals surface area contributed by atoms with E-state index in [4.69, 9.17) is 9.52 Å². The smallest absolute Gasteiger partial charge is 0.307 e.